The number of hydrogen-bond donors (Lipinski definition) is 3. The van der Waals surface area contributed by atoms with Crippen LogP contribution in [0.25, 0.3) is 16.5 Å². The Bertz CT molecular complexity index is 628. The summed E-state index contributed by atoms with van der Waals surface area (Å²) in [6.45, 7) is 3.57. The number of rotatable bonds is 3. The third-order valence-electron chi connectivity index (χ3n) is 2.82. The van der Waals surface area contributed by atoms with Crippen LogP contribution < -0.4 is 11.3 Å². The number of para-hydroxylation sites is 1. The molecule has 0 unspecified atom stereocenters. The highest BCUT2D eigenvalue weighted by molar-refractivity contribution is 6.21. The number of hydrogen-bond acceptors (Lipinski definition) is 4. The third-order valence-corrected chi connectivity index (χ3v) is 2.82. The van der Waals surface area contributed by atoms with Crippen molar-refractivity contribution in [3.63, 3.8) is 0 Å². The van der Waals surface area contributed by atoms with Crippen molar-refractivity contribution < 1.29 is 0 Å². The minimum atomic E-state index is 0.438. The van der Waals surface area contributed by atoms with Crippen LogP contribution in [0.15, 0.2) is 42.1 Å². The molecule has 4 N–H and O–H groups in total. The molecule has 2 rings (SSSR count). The molecule has 0 fully saturated rings. The molecule has 4 heteroatoms. The van der Waals surface area contributed by atoms with Gasteiger partial charge in [-0.15, -0.1) is 0 Å². The van der Waals surface area contributed by atoms with E-state index in [-0.39, 0.29) is 0 Å². The Balaban J connectivity index is 2.62. The largest absolute Gasteiger partial charge is 0.328 e. The molecule has 0 atom stereocenters. The minimum absolute atomic E-state index is 0.438. The SMILES string of the molecule is CC(=N)/C(=C(/C)NN)c1ccc2ccccc2n1. The molecule has 0 radical (unpaired) electrons. The third kappa shape index (κ3) is 2.24. The van der Waals surface area contributed by atoms with Gasteiger partial charge in [-0.25, -0.2) is 4.98 Å². The summed E-state index contributed by atoms with van der Waals surface area (Å²) in [6.07, 6.45) is 0. The van der Waals surface area contributed by atoms with E-state index in [1.165, 1.54) is 0 Å². The van der Waals surface area contributed by atoms with Crippen LogP contribution in [-0.2, 0) is 0 Å². The number of fused-ring (bicyclic) bond motifs is 1. The number of allylic oxidation sites excluding steroid dienone is 2. The van der Waals surface area contributed by atoms with Gasteiger partial charge in [0.05, 0.1) is 11.2 Å². The molecule has 0 bridgehead atoms. The first-order valence-electron chi connectivity index (χ1n) is 5.72. The average molecular weight is 240 g/mol. The summed E-state index contributed by atoms with van der Waals surface area (Å²) < 4.78 is 0. The molecule has 0 saturated carbocycles. The predicted molar refractivity (Wildman–Crippen MR) is 75.1 cm³/mol. The van der Waals surface area contributed by atoms with Crippen molar-refractivity contribution in [2.45, 2.75) is 13.8 Å². The molecular weight excluding hydrogens is 224 g/mol. The molecule has 0 spiro atoms. The molecule has 0 saturated heterocycles. The lowest BCUT2D eigenvalue weighted by Gasteiger charge is -2.11. The van der Waals surface area contributed by atoms with E-state index in [0.717, 1.165) is 27.9 Å². The van der Waals surface area contributed by atoms with Gasteiger partial charge in [0, 0.05) is 22.4 Å². The highest BCUT2D eigenvalue weighted by Gasteiger charge is 2.10. The van der Waals surface area contributed by atoms with Crippen LogP contribution in [0.2, 0.25) is 0 Å². The Morgan fingerprint density at radius 2 is 1.89 bits per heavy atom. The Labute approximate surface area is 106 Å². The summed E-state index contributed by atoms with van der Waals surface area (Å²) in [7, 11) is 0. The van der Waals surface area contributed by atoms with Gasteiger partial charge in [-0.3, -0.25) is 5.84 Å². The van der Waals surface area contributed by atoms with Gasteiger partial charge < -0.3 is 10.8 Å². The molecule has 1 aromatic heterocycles. The summed E-state index contributed by atoms with van der Waals surface area (Å²) in [5, 5.41) is 8.92. The van der Waals surface area contributed by atoms with Crippen LogP contribution in [-0.4, -0.2) is 10.7 Å². The fourth-order valence-corrected chi connectivity index (χ4v) is 1.94. The molecule has 0 amide bonds. The van der Waals surface area contributed by atoms with Gasteiger partial charge >= 0.3 is 0 Å². The first-order chi connectivity index (χ1) is 8.63. The summed E-state index contributed by atoms with van der Waals surface area (Å²) in [6, 6.07) is 11.8. The Morgan fingerprint density at radius 3 is 2.56 bits per heavy atom. The van der Waals surface area contributed by atoms with Crippen LogP contribution in [0.3, 0.4) is 0 Å². The van der Waals surface area contributed by atoms with Crippen LogP contribution in [0.4, 0.5) is 0 Å². The van der Waals surface area contributed by atoms with E-state index >= 15 is 0 Å². The van der Waals surface area contributed by atoms with E-state index in [9.17, 15) is 0 Å². The van der Waals surface area contributed by atoms with Crippen molar-refractivity contribution in [1.82, 2.24) is 10.4 Å². The number of nitrogens with zero attached hydrogens (tertiary/aromatic N) is 1. The smallest absolute Gasteiger partial charge is 0.0745 e. The number of benzene rings is 1. The second-order valence-electron chi connectivity index (χ2n) is 4.16. The maximum absolute atomic E-state index is 7.84. The van der Waals surface area contributed by atoms with E-state index in [4.69, 9.17) is 11.3 Å². The Hall–Kier alpha value is -2.20. The quantitative estimate of drug-likeness (QED) is 0.438. The molecule has 0 aliphatic carbocycles. The number of pyridine rings is 1. The second-order valence-corrected chi connectivity index (χ2v) is 4.16. The zero-order valence-electron chi connectivity index (χ0n) is 10.5. The van der Waals surface area contributed by atoms with E-state index in [1.54, 1.807) is 6.92 Å². The number of hydrazine groups is 1. The minimum Gasteiger partial charge on any atom is -0.328 e. The number of nitrogens with one attached hydrogen (secondary N) is 2. The zero-order chi connectivity index (χ0) is 13.1. The van der Waals surface area contributed by atoms with Crippen molar-refractivity contribution in [1.29, 1.82) is 5.41 Å². The summed E-state index contributed by atoms with van der Waals surface area (Å²) in [5.74, 6) is 5.43. The van der Waals surface area contributed by atoms with Crippen LogP contribution in [0.1, 0.15) is 19.5 Å². The van der Waals surface area contributed by atoms with Crippen molar-refractivity contribution in [2.75, 3.05) is 0 Å². The fourth-order valence-electron chi connectivity index (χ4n) is 1.94. The molecular formula is C14H16N4. The average Bonchev–Trinajstić information content (AvgIpc) is 2.38. The summed E-state index contributed by atoms with van der Waals surface area (Å²) in [5.41, 5.74) is 6.19. The lowest BCUT2D eigenvalue weighted by molar-refractivity contribution is 0.890. The Morgan fingerprint density at radius 1 is 1.17 bits per heavy atom. The standard InChI is InChI=1S/C14H16N4/c1-9(15)14(10(2)18-16)13-8-7-11-5-3-4-6-12(11)17-13/h3-8,15,18H,16H2,1-2H3/b14-10+,15-9?. The molecule has 1 aromatic carbocycles. The van der Waals surface area contributed by atoms with Gasteiger partial charge in [0.1, 0.15) is 0 Å². The van der Waals surface area contributed by atoms with Crippen molar-refractivity contribution in [2.24, 2.45) is 5.84 Å². The molecule has 92 valence electrons. The highest BCUT2D eigenvalue weighted by atomic mass is 15.2. The molecule has 4 nitrogen and oxygen atoms in total. The fraction of sp³-hybridized carbons (Fsp3) is 0.143. The Kier molecular flexibility index (Phi) is 3.39. The van der Waals surface area contributed by atoms with Crippen LogP contribution >= 0.6 is 0 Å². The van der Waals surface area contributed by atoms with E-state index < -0.39 is 0 Å². The van der Waals surface area contributed by atoms with Gasteiger partial charge in [0.2, 0.25) is 0 Å². The lowest BCUT2D eigenvalue weighted by atomic mass is 10.0. The first kappa shape index (κ1) is 12.3. The summed E-state index contributed by atoms with van der Waals surface area (Å²) >= 11 is 0. The molecule has 0 aliphatic heterocycles. The van der Waals surface area contributed by atoms with E-state index in [0.29, 0.717) is 5.71 Å². The topological polar surface area (TPSA) is 74.8 Å². The van der Waals surface area contributed by atoms with Gasteiger partial charge in [0.25, 0.3) is 0 Å². The van der Waals surface area contributed by atoms with Gasteiger partial charge in [-0.1, -0.05) is 24.3 Å². The van der Waals surface area contributed by atoms with Crippen molar-refractivity contribution >= 4 is 22.2 Å². The molecule has 0 aliphatic rings. The zero-order valence-corrected chi connectivity index (χ0v) is 10.5. The van der Waals surface area contributed by atoms with E-state index in [2.05, 4.69) is 10.4 Å². The van der Waals surface area contributed by atoms with Crippen molar-refractivity contribution in [3.8, 4) is 0 Å². The molecule has 1 heterocycles. The van der Waals surface area contributed by atoms with E-state index in [1.807, 2.05) is 43.3 Å². The lowest BCUT2D eigenvalue weighted by Crippen LogP contribution is -2.22. The van der Waals surface area contributed by atoms with Crippen LogP contribution in [0, 0.1) is 5.41 Å². The normalized spacial score (nSPS) is 12.2. The summed E-state index contributed by atoms with van der Waals surface area (Å²) in [4.78, 5) is 4.57. The predicted octanol–water partition coefficient (Wildman–Crippen LogP) is 2.47. The first-order valence-corrected chi connectivity index (χ1v) is 5.72. The van der Waals surface area contributed by atoms with Crippen molar-refractivity contribution in [3.05, 3.63) is 47.8 Å². The molecule has 18 heavy (non-hydrogen) atoms. The van der Waals surface area contributed by atoms with Gasteiger partial charge in [-0.05, 0) is 26.0 Å². The van der Waals surface area contributed by atoms with Gasteiger partial charge in [-0.2, -0.15) is 0 Å². The molecule has 2 aromatic rings. The number of nitrogens with two attached hydrogens (primary N) is 1. The van der Waals surface area contributed by atoms with Gasteiger partial charge in [0.15, 0.2) is 0 Å². The van der Waals surface area contributed by atoms with Crippen LogP contribution in [0.5, 0.6) is 0 Å². The highest BCUT2D eigenvalue weighted by Crippen LogP contribution is 2.20. The maximum Gasteiger partial charge on any atom is 0.0745 e. The number of aromatic nitrogens is 1. The second kappa shape index (κ2) is 4.98. The maximum atomic E-state index is 7.84. The monoisotopic (exact) mass is 240 g/mol.